The van der Waals surface area contributed by atoms with Crippen LogP contribution in [0.2, 0.25) is 5.02 Å². The van der Waals surface area contributed by atoms with Crippen molar-refractivity contribution in [1.29, 1.82) is 0 Å². The summed E-state index contributed by atoms with van der Waals surface area (Å²) in [6.45, 7) is 2.05. The topological polar surface area (TPSA) is 43.8 Å². The quantitative estimate of drug-likeness (QED) is 0.793. The lowest BCUT2D eigenvalue weighted by atomic mass is 10.2. The Hall–Kier alpha value is -1.48. The van der Waals surface area contributed by atoms with Crippen molar-refractivity contribution in [3.05, 3.63) is 41.4 Å². The average molecular weight is 222 g/mol. The predicted octanol–water partition coefficient (Wildman–Crippen LogP) is 2.67. The average Bonchev–Trinajstić information content (AvgIpc) is 2.65. The number of hydrogen-bond donors (Lipinski definition) is 1. The number of imidazole rings is 1. The van der Waals surface area contributed by atoms with Gasteiger partial charge in [-0.3, -0.25) is 0 Å². The summed E-state index contributed by atoms with van der Waals surface area (Å²) in [6, 6.07) is 5.50. The van der Waals surface area contributed by atoms with Crippen molar-refractivity contribution in [2.75, 3.05) is 5.73 Å². The minimum atomic E-state index is 0.641. The first-order valence-corrected chi connectivity index (χ1v) is 5.18. The van der Waals surface area contributed by atoms with Gasteiger partial charge in [-0.2, -0.15) is 0 Å². The molecule has 3 nitrogen and oxygen atoms in total. The molecule has 1 heterocycles. The summed E-state index contributed by atoms with van der Waals surface area (Å²) in [7, 11) is 0. The fourth-order valence-corrected chi connectivity index (χ4v) is 1.86. The lowest BCUT2D eigenvalue weighted by molar-refractivity contribution is 0.893. The second-order valence-corrected chi connectivity index (χ2v) is 3.65. The molecule has 0 unspecified atom stereocenters. The molecule has 0 aliphatic carbocycles. The summed E-state index contributed by atoms with van der Waals surface area (Å²) in [6.07, 6.45) is 4.47. The van der Waals surface area contributed by atoms with E-state index in [4.69, 9.17) is 17.3 Å². The van der Waals surface area contributed by atoms with E-state index in [0.717, 1.165) is 17.9 Å². The van der Waals surface area contributed by atoms with Crippen molar-refractivity contribution in [3.8, 4) is 5.69 Å². The van der Waals surface area contributed by atoms with E-state index in [0.29, 0.717) is 10.7 Å². The standard InChI is InChI=1S/C11H12ClN3/c1-2-10-14-6-7-15(10)11-8(12)4-3-5-9(11)13/h3-7H,2,13H2,1H3. The summed E-state index contributed by atoms with van der Waals surface area (Å²) in [4.78, 5) is 4.24. The summed E-state index contributed by atoms with van der Waals surface area (Å²) in [5.41, 5.74) is 7.38. The van der Waals surface area contributed by atoms with Crippen LogP contribution in [-0.2, 0) is 6.42 Å². The van der Waals surface area contributed by atoms with Gasteiger partial charge < -0.3 is 10.3 Å². The second-order valence-electron chi connectivity index (χ2n) is 3.24. The highest BCUT2D eigenvalue weighted by atomic mass is 35.5. The molecule has 0 fully saturated rings. The molecule has 0 saturated heterocycles. The van der Waals surface area contributed by atoms with Crippen molar-refractivity contribution in [2.24, 2.45) is 0 Å². The molecule has 0 aliphatic heterocycles. The highest BCUT2D eigenvalue weighted by Gasteiger charge is 2.09. The molecule has 78 valence electrons. The molecular weight excluding hydrogens is 210 g/mol. The molecule has 1 aromatic carbocycles. The normalized spacial score (nSPS) is 10.5. The Kier molecular flexibility index (Phi) is 2.64. The molecule has 2 aromatic rings. The van der Waals surface area contributed by atoms with Crippen LogP contribution >= 0.6 is 11.6 Å². The molecule has 1 aromatic heterocycles. The molecule has 0 saturated carbocycles. The maximum absolute atomic E-state index is 6.12. The molecule has 0 spiro atoms. The lowest BCUT2D eigenvalue weighted by Crippen LogP contribution is -2.03. The first kappa shape index (κ1) is 10.1. The number of nitrogens with two attached hydrogens (primary N) is 1. The van der Waals surface area contributed by atoms with Gasteiger partial charge >= 0.3 is 0 Å². The van der Waals surface area contributed by atoms with E-state index in [1.165, 1.54) is 0 Å². The minimum Gasteiger partial charge on any atom is -0.397 e. The van der Waals surface area contributed by atoms with Crippen LogP contribution in [0.4, 0.5) is 5.69 Å². The number of aromatic nitrogens is 2. The van der Waals surface area contributed by atoms with E-state index in [-0.39, 0.29) is 0 Å². The molecule has 0 aliphatic rings. The fourth-order valence-electron chi connectivity index (χ4n) is 1.59. The number of nitrogens with zero attached hydrogens (tertiary/aromatic N) is 2. The third-order valence-electron chi connectivity index (χ3n) is 2.29. The van der Waals surface area contributed by atoms with Crippen molar-refractivity contribution in [2.45, 2.75) is 13.3 Å². The van der Waals surface area contributed by atoms with Crippen molar-refractivity contribution >= 4 is 17.3 Å². The van der Waals surface area contributed by atoms with Crippen LogP contribution in [0.15, 0.2) is 30.6 Å². The van der Waals surface area contributed by atoms with Gasteiger partial charge in [0.25, 0.3) is 0 Å². The maximum atomic E-state index is 6.12. The predicted molar refractivity (Wildman–Crippen MR) is 62.4 cm³/mol. The lowest BCUT2D eigenvalue weighted by Gasteiger charge is -2.11. The second kappa shape index (κ2) is 3.95. The van der Waals surface area contributed by atoms with E-state index < -0.39 is 0 Å². The Morgan fingerprint density at radius 1 is 1.47 bits per heavy atom. The summed E-state index contributed by atoms with van der Waals surface area (Å²) < 4.78 is 1.93. The molecule has 2 rings (SSSR count). The monoisotopic (exact) mass is 221 g/mol. The Morgan fingerprint density at radius 3 is 2.93 bits per heavy atom. The number of aryl methyl sites for hydroxylation is 1. The van der Waals surface area contributed by atoms with Crippen LogP contribution in [0.5, 0.6) is 0 Å². The van der Waals surface area contributed by atoms with Crippen LogP contribution in [0.1, 0.15) is 12.7 Å². The summed E-state index contributed by atoms with van der Waals surface area (Å²) in [5, 5.41) is 0.641. The molecule has 4 heteroatoms. The zero-order valence-electron chi connectivity index (χ0n) is 8.44. The van der Waals surface area contributed by atoms with Crippen molar-refractivity contribution in [3.63, 3.8) is 0 Å². The molecular formula is C11H12ClN3. The third kappa shape index (κ3) is 1.70. The van der Waals surface area contributed by atoms with Crippen LogP contribution in [-0.4, -0.2) is 9.55 Å². The SMILES string of the molecule is CCc1nccn1-c1c(N)cccc1Cl. The van der Waals surface area contributed by atoms with E-state index in [1.807, 2.05) is 35.9 Å². The van der Waals surface area contributed by atoms with Crippen molar-refractivity contribution < 1.29 is 0 Å². The first-order chi connectivity index (χ1) is 7.24. The number of halogens is 1. The van der Waals surface area contributed by atoms with Gasteiger partial charge in [0, 0.05) is 18.8 Å². The number of para-hydroxylation sites is 1. The van der Waals surface area contributed by atoms with Gasteiger partial charge in [0.15, 0.2) is 0 Å². The molecule has 0 atom stereocenters. The van der Waals surface area contributed by atoms with E-state index in [2.05, 4.69) is 4.98 Å². The Morgan fingerprint density at radius 2 is 2.27 bits per heavy atom. The van der Waals surface area contributed by atoms with Crippen LogP contribution in [0, 0.1) is 0 Å². The zero-order chi connectivity index (χ0) is 10.8. The number of rotatable bonds is 2. The van der Waals surface area contributed by atoms with Crippen molar-refractivity contribution in [1.82, 2.24) is 9.55 Å². The van der Waals surface area contributed by atoms with Gasteiger partial charge in [0.2, 0.25) is 0 Å². The van der Waals surface area contributed by atoms with E-state index in [1.54, 1.807) is 6.20 Å². The number of nitrogen functional groups attached to an aromatic ring is 1. The minimum absolute atomic E-state index is 0.641. The highest BCUT2D eigenvalue weighted by Crippen LogP contribution is 2.27. The molecule has 2 N–H and O–H groups in total. The van der Waals surface area contributed by atoms with Gasteiger partial charge in [-0.1, -0.05) is 24.6 Å². The third-order valence-corrected chi connectivity index (χ3v) is 2.60. The first-order valence-electron chi connectivity index (χ1n) is 4.80. The number of benzene rings is 1. The number of hydrogen-bond acceptors (Lipinski definition) is 2. The van der Waals surface area contributed by atoms with Gasteiger partial charge in [-0.15, -0.1) is 0 Å². The maximum Gasteiger partial charge on any atom is 0.113 e. The van der Waals surface area contributed by atoms with Gasteiger partial charge in [0.05, 0.1) is 16.4 Å². The van der Waals surface area contributed by atoms with Crippen LogP contribution < -0.4 is 5.73 Å². The molecule has 0 radical (unpaired) electrons. The smallest absolute Gasteiger partial charge is 0.113 e. The van der Waals surface area contributed by atoms with Gasteiger partial charge in [0.1, 0.15) is 5.82 Å². The Balaban J connectivity index is 2.63. The summed E-state index contributed by atoms with van der Waals surface area (Å²) >= 11 is 6.12. The van der Waals surface area contributed by atoms with Crippen LogP contribution in [0.3, 0.4) is 0 Å². The zero-order valence-corrected chi connectivity index (χ0v) is 9.20. The Bertz CT molecular complexity index is 456. The molecule has 0 bridgehead atoms. The fraction of sp³-hybridized carbons (Fsp3) is 0.182. The van der Waals surface area contributed by atoms with Gasteiger partial charge in [-0.05, 0) is 12.1 Å². The highest BCUT2D eigenvalue weighted by molar-refractivity contribution is 6.32. The van der Waals surface area contributed by atoms with Gasteiger partial charge in [-0.25, -0.2) is 4.98 Å². The summed E-state index contributed by atoms with van der Waals surface area (Å²) in [5.74, 6) is 0.954. The van der Waals surface area contributed by atoms with E-state index >= 15 is 0 Å². The largest absolute Gasteiger partial charge is 0.397 e. The number of anilines is 1. The van der Waals surface area contributed by atoms with Crippen LogP contribution in [0.25, 0.3) is 5.69 Å². The van der Waals surface area contributed by atoms with E-state index in [9.17, 15) is 0 Å². The molecule has 15 heavy (non-hydrogen) atoms. The Labute approximate surface area is 93.5 Å². The molecule has 0 amide bonds.